The van der Waals surface area contributed by atoms with Crippen LogP contribution in [-0.2, 0) is 9.53 Å². The summed E-state index contributed by atoms with van der Waals surface area (Å²) in [6.45, 7) is 2.22. The molecule has 0 amide bonds. The molecule has 0 aliphatic rings. The van der Waals surface area contributed by atoms with Gasteiger partial charge in [0.2, 0.25) is 0 Å². The molecule has 0 spiro atoms. The van der Waals surface area contributed by atoms with Gasteiger partial charge >= 0.3 is 5.97 Å². The van der Waals surface area contributed by atoms with Crippen molar-refractivity contribution in [2.45, 2.75) is 70.8 Å². The molecule has 0 fully saturated rings. The Morgan fingerprint density at radius 3 is 2.56 bits per heavy atom. The highest BCUT2D eigenvalue weighted by molar-refractivity contribution is 5.66. The number of carboxylic acids is 1. The molecule has 0 heterocycles. The largest absolute Gasteiger partial charge is 0.481 e. The number of unbranched alkanes of at least 4 members (excludes halogenated alkanes) is 4. The lowest BCUT2D eigenvalue weighted by atomic mass is 10.1. The molecule has 18 heavy (non-hydrogen) atoms. The lowest BCUT2D eigenvalue weighted by Gasteiger charge is -2.12. The molecule has 3 nitrogen and oxygen atoms in total. The molecule has 0 radical (unpaired) electrons. The fourth-order valence-corrected chi connectivity index (χ4v) is 1.88. The first-order valence-electron chi connectivity index (χ1n) is 7.10. The predicted octanol–water partition coefficient (Wildman–Crippen LogP) is 4.17. The van der Waals surface area contributed by atoms with Crippen molar-refractivity contribution >= 4 is 5.97 Å². The van der Waals surface area contributed by atoms with E-state index in [2.05, 4.69) is 6.92 Å². The SMILES string of the molecule is CCCCCCC[C@@H](C/C=C/CCC(=O)O)OC. The number of hydrogen-bond acceptors (Lipinski definition) is 2. The number of hydrogen-bond donors (Lipinski definition) is 1. The lowest BCUT2D eigenvalue weighted by molar-refractivity contribution is -0.136. The van der Waals surface area contributed by atoms with Crippen LogP contribution in [-0.4, -0.2) is 24.3 Å². The van der Waals surface area contributed by atoms with Crippen LogP contribution in [0.25, 0.3) is 0 Å². The summed E-state index contributed by atoms with van der Waals surface area (Å²) in [5, 5.41) is 8.50. The molecule has 0 aromatic carbocycles. The molecule has 106 valence electrons. The molecule has 0 saturated carbocycles. The van der Waals surface area contributed by atoms with Crippen LogP contribution < -0.4 is 0 Å². The minimum Gasteiger partial charge on any atom is -0.481 e. The molecule has 0 rings (SSSR count). The Kier molecular flexibility index (Phi) is 12.0. The first-order chi connectivity index (χ1) is 8.70. The van der Waals surface area contributed by atoms with Crippen molar-refractivity contribution in [1.82, 2.24) is 0 Å². The predicted molar refractivity (Wildman–Crippen MR) is 74.8 cm³/mol. The number of carbonyl (C=O) groups is 1. The fraction of sp³-hybridized carbons (Fsp3) is 0.800. The van der Waals surface area contributed by atoms with Gasteiger partial charge in [-0.2, -0.15) is 0 Å². The van der Waals surface area contributed by atoms with Crippen molar-refractivity contribution in [3.8, 4) is 0 Å². The zero-order chi connectivity index (χ0) is 13.6. The van der Waals surface area contributed by atoms with Gasteiger partial charge in [0.1, 0.15) is 0 Å². The van der Waals surface area contributed by atoms with Crippen LogP contribution in [0.5, 0.6) is 0 Å². The van der Waals surface area contributed by atoms with E-state index in [0.29, 0.717) is 6.42 Å². The number of aliphatic carboxylic acids is 1. The van der Waals surface area contributed by atoms with Gasteiger partial charge in [0.25, 0.3) is 0 Å². The number of allylic oxidation sites excluding steroid dienone is 1. The highest BCUT2D eigenvalue weighted by Crippen LogP contribution is 2.12. The van der Waals surface area contributed by atoms with Crippen molar-refractivity contribution in [2.75, 3.05) is 7.11 Å². The molecule has 1 N–H and O–H groups in total. The number of rotatable bonds is 12. The molecule has 0 aromatic heterocycles. The summed E-state index contributed by atoms with van der Waals surface area (Å²) >= 11 is 0. The normalized spacial score (nSPS) is 13.0. The summed E-state index contributed by atoms with van der Waals surface area (Å²) in [6, 6.07) is 0. The van der Waals surface area contributed by atoms with E-state index in [-0.39, 0.29) is 12.5 Å². The number of ether oxygens (including phenoxy) is 1. The summed E-state index contributed by atoms with van der Waals surface area (Å²) in [6.07, 6.45) is 13.5. The second-order valence-electron chi connectivity index (χ2n) is 4.70. The van der Waals surface area contributed by atoms with Crippen LogP contribution in [0, 0.1) is 0 Å². The monoisotopic (exact) mass is 256 g/mol. The van der Waals surface area contributed by atoms with Crippen LogP contribution >= 0.6 is 0 Å². The summed E-state index contributed by atoms with van der Waals surface area (Å²) in [7, 11) is 1.75. The average Bonchev–Trinajstić information content (AvgIpc) is 2.35. The van der Waals surface area contributed by atoms with Crippen LogP contribution in [0.2, 0.25) is 0 Å². The fourth-order valence-electron chi connectivity index (χ4n) is 1.88. The first kappa shape index (κ1) is 17.2. The van der Waals surface area contributed by atoms with Gasteiger partial charge in [-0.1, -0.05) is 51.2 Å². The molecule has 0 bridgehead atoms. The second kappa shape index (κ2) is 12.6. The van der Waals surface area contributed by atoms with E-state index in [0.717, 1.165) is 12.8 Å². The first-order valence-corrected chi connectivity index (χ1v) is 7.10. The van der Waals surface area contributed by atoms with Gasteiger partial charge in [-0.25, -0.2) is 0 Å². The lowest BCUT2D eigenvalue weighted by Crippen LogP contribution is -2.08. The van der Waals surface area contributed by atoms with E-state index in [1.807, 2.05) is 12.2 Å². The van der Waals surface area contributed by atoms with Crippen LogP contribution in [0.1, 0.15) is 64.7 Å². The van der Waals surface area contributed by atoms with Gasteiger partial charge in [-0.15, -0.1) is 0 Å². The van der Waals surface area contributed by atoms with E-state index < -0.39 is 5.97 Å². The van der Waals surface area contributed by atoms with Crippen molar-refractivity contribution in [2.24, 2.45) is 0 Å². The number of carboxylic acid groups (broad SMARTS) is 1. The standard InChI is InChI=1S/C15H28O3/c1-3-4-5-6-8-11-14(18-2)12-9-7-10-13-15(16)17/h7,9,14H,3-6,8,10-13H2,1-2H3,(H,16,17)/b9-7+/t14-/m0/s1. The summed E-state index contributed by atoms with van der Waals surface area (Å²) < 4.78 is 5.42. The summed E-state index contributed by atoms with van der Waals surface area (Å²) in [4.78, 5) is 10.3. The van der Waals surface area contributed by atoms with E-state index in [4.69, 9.17) is 9.84 Å². The Hall–Kier alpha value is -0.830. The Morgan fingerprint density at radius 1 is 1.22 bits per heavy atom. The van der Waals surface area contributed by atoms with E-state index in [1.54, 1.807) is 7.11 Å². The molecule has 0 aliphatic heterocycles. The van der Waals surface area contributed by atoms with Gasteiger partial charge in [0.15, 0.2) is 0 Å². The zero-order valence-electron chi connectivity index (χ0n) is 11.9. The maximum Gasteiger partial charge on any atom is 0.303 e. The maximum absolute atomic E-state index is 10.3. The smallest absolute Gasteiger partial charge is 0.303 e. The molecular weight excluding hydrogens is 228 g/mol. The highest BCUT2D eigenvalue weighted by Gasteiger charge is 2.04. The van der Waals surface area contributed by atoms with E-state index in [9.17, 15) is 4.79 Å². The van der Waals surface area contributed by atoms with Gasteiger partial charge in [0.05, 0.1) is 6.10 Å². The molecule has 0 saturated heterocycles. The molecule has 0 aliphatic carbocycles. The van der Waals surface area contributed by atoms with Gasteiger partial charge in [-0.05, 0) is 19.3 Å². The molecule has 0 aromatic rings. The van der Waals surface area contributed by atoms with Crippen LogP contribution in [0.3, 0.4) is 0 Å². The molecule has 1 atom stereocenters. The van der Waals surface area contributed by atoms with Crippen molar-refractivity contribution < 1.29 is 14.6 Å². The number of methoxy groups -OCH3 is 1. The van der Waals surface area contributed by atoms with Gasteiger partial charge in [-0.3, -0.25) is 4.79 Å². The van der Waals surface area contributed by atoms with E-state index >= 15 is 0 Å². The molecule has 0 unspecified atom stereocenters. The van der Waals surface area contributed by atoms with E-state index in [1.165, 1.54) is 32.1 Å². The zero-order valence-corrected chi connectivity index (χ0v) is 11.9. The van der Waals surface area contributed by atoms with Crippen LogP contribution in [0.4, 0.5) is 0 Å². The minimum absolute atomic E-state index is 0.213. The Balaban J connectivity index is 3.54. The molecule has 3 heteroatoms. The van der Waals surface area contributed by atoms with Crippen molar-refractivity contribution in [3.05, 3.63) is 12.2 Å². The van der Waals surface area contributed by atoms with Gasteiger partial charge < -0.3 is 9.84 Å². The molecular formula is C15H28O3. The third kappa shape index (κ3) is 11.6. The summed E-state index contributed by atoms with van der Waals surface area (Å²) in [5.74, 6) is -0.737. The highest BCUT2D eigenvalue weighted by atomic mass is 16.5. The average molecular weight is 256 g/mol. The van der Waals surface area contributed by atoms with Gasteiger partial charge in [0, 0.05) is 13.5 Å². The topological polar surface area (TPSA) is 46.5 Å². The Morgan fingerprint density at radius 2 is 1.94 bits per heavy atom. The van der Waals surface area contributed by atoms with Crippen LogP contribution in [0.15, 0.2) is 12.2 Å². The second-order valence-corrected chi connectivity index (χ2v) is 4.70. The van der Waals surface area contributed by atoms with Crippen molar-refractivity contribution in [3.63, 3.8) is 0 Å². The third-order valence-electron chi connectivity index (χ3n) is 3.05. The third-order valence-corrected chi connectivity index (χ3v) is 3.05. The van der Waals surface area contributed by atoms with Crippen molar-refractivity contribution in [1.29, 1.82) is 0 Å². The Bertz CT molecular complexity index is 224. The quantitative estimate of drug-likeness (QED) is 0.421. The Labute approximate surface area is 111 Å². The maximum atomic E-state index is 10.3. The minimum atomic E-state index is -0.737. The summed E-state index contributed by atoms with van der Waals surface area (Å²) in [5.41, 5.74) is 0.